The molecule has 4 heterocycles. The van der Waals surface area contributed by atoms with E-state index in [1.807, 2.05) is 24.3 Å². The average Bonchev–Trinajstić information content (AvgIpc) is 2.93. The highest BCUT2D eigenvalue weighted by atomic mass is 19.4. The Balaban J connectivity index is 1.34. The quantitative estimate of drug-likeness (QED) is 0.535. The summed E-state index contributed by atoms with van der Waals surface area (Å²) in [5.41, 5.74) is 1.75. The molecule has 0 saturated carbocycles. The lowest BCUT2D eigenvalue weighted by molar-refractivity contribution is -0.145. The molecule has 2 aliphatic rings. The van der Waals surface area contributed by atoms with Crippen LogP contribution in [-0.4, -0.2) is 71.7 Å². The lowest BCUT2D eigenvalue weighted by Gasteiger charge is -2.34. The Morgan fingerprint density at radius 3 is 2.43 bits per heavy atom. The second-order valence-electron chi connectivity index (χ2n) is 9.30. The molecule has 1 unspecified atom stereocenters. The zero-order valence-electron chi connectivity index (χ0n) is 20.4. The van der Waals surface area contributed by atoms with E-state index in [2.05, 4.69) is 25.1 Å². The summed E-state index contributed by atoms with van der Waals surface area (Å²) in [5.74, 6) is -0.545. The first-order valence-electron chi connectivity index (χ1n) is 12.5. The van der Waals surface area contributed by atoms with E-state index in [-0.39, 0.29) is 12.5 Å². The van der Waals surface area contributed by atoms with E-state index in [4.69, 9.17) is 9.72 Å². The van der Waals surface area contributed by atoms with Crippen molar-refractivity contribution >= 4 is 22.6 Å². The maximum absolute atomic E-state index is 13.3. The zero-order chi connectivity index (χ0) is 25.8. The van der Waals surface area contributed by atoms with E-state index >= 15 is 0 Å². The van der Waals surface area contributed by atoms with Crippen LogP contribution in [0.2, 0.25) is 0 Å². The van der Waals surface area contributed by atoms with Gasteiger partial charge in [-0.25, -0.2) is 15.0 Å². The minimum atomic E-state index is -4.61. The Labute approximate surface area is 212 Å². The molecular weight excluding hydrogens is 485 g/mol. The van der Waals surface area contributed by atoms with Crippen LogP contribution in [-0.2, 0) is 10.9 Å². The number of amides is 1. The first-order chi connectivity index (χ1) is 17.9. The van der Waals surface area contributed by atoms with Gasteiger partial charge in [0.05, 0.1) is 24.8 Å². The summed E-state index contributed by atoms with van der Waals surface area (Å²) in [6, 6.07) is 8.97. The van der Waals surface area contributed by atoms with Crippen molar-refractivity contribution in [3.8, 4) is 0 Å². The normalized spacial score (nSPS) is 18.1. The summed E-state index contributed by atoms with van der Waals surface area (Å²) < 4.78 is 44.3. The number of anilines is 1. The largest absolute Gasteiger partial charge is 0.451 e. The van der Waals surface area contributed by atoms with Crippen LogP contribution in [0, 0.1) is 0 Å². The Morgan fingerprint density at radius 1 is 1.00 bits per heavy atom. The van der Waals surface area contributed by atoms with Crippen LogP contribution in [0.25, 0.3) is 10.9 Å². The number of rotatable bonds is 6. The van der Waals surface area contributed by atoms with Crippen LogP contribution in [0.1, 0.15) is 47.1 Å². The van der Waals surface area contributed by atoms with Gasteiger partial charge in [-0.3, -0.25) is 9.69 Å². The van der Waals surface area contributed by atoms with Crippen molar-refractivity contribution in [2.45, 2.75) is 31.5 Å². The SMILES string of the molecule is O=C(NCC(c1cnc(C(F)(F)F)nc1)N1CCOCC1)c1cccc2nc(N3CCCCC3)ccc12. The minimum Gasteiger partial charge on any atom is -0.379 e. The molecule has 2 aromatic heterocycles. The van der Waals surface area contributed by atoms with Crippen molar-refractivity contribution in [2.75, 3.05) is 50.8 Å². The molecule has 37 heavy (non-hydrogen) atoms. The van der Waals surface area contributed by atoms with Crippen LogP contribution in [0.4, 0.5) is 19.0 Å². The maximum Gasteiger partial charge on any atom is 0.451 e. The van der Waals surface area contributed by atoms with Gasteiger partial charge in [0, 0.05) is 61.6 Å². The van der Waals surface area contributed by atoms with Gasteiger partial charge in [0.2, 0.25) is 5.82 Å². The molecule has 2 aliphatic heterocycles. The lowest BCUT2D eigenvalue weighted by Crippen LogP contribution is -2.44. The Bertz CT molecular complexity index is 1230. The number of alkyl halides is 3. The standard InChI is InChI=1S/C26H29F3N6O2/c27-26(28,29)25-31-15-18(16-32-25)22(34-11-13-37-14-12-34)17-30-24(36)20-5-4-6-21-19(20)7-8-23(33-21)35-9-2-1-3-10-35/h4-8,15-16,22H,1-3,9-14,17H2,(H,30,36). The minimum absolute atomic E-state index is 0.184. The van der Waals surface area contributed by atoms with Crippen molar-refractivity contribution in [3.05, 3.63) is 59.7 Å². The molecule has 1 amide bonds. The van der Waals surface area contributed by atoms with Crippen molar-refractivity contribution in [2.24, 2.45) is 0 Å². The molecule has 8 nitrogen and oxygen atoms in total. The lowest BCUT2D eigenvalue weighted by atomic mass is 10.1. The number of carbonyl (C=O) groups is 1. The molecule has 1 atom stereocenters. The molecule has 0 spiro atoms. The highest BCUT2D eigenvalue weighted by Gasteiger charge is 2.35. The van der Waals surface area contributed by atoms with E-state index in [1.54, 1.807) is 6.07 Å². The highest BCUT2D eigenvalue weighted by molar-refractivity contribution is 6.06. The number of carbonyl (C=O) groups excluding carboxylic acids is 1. The first-order valence-corrected chi connectivity index (χ1v) is 12.5. The van der Waals surface area contributed by atoms with Crippen LogP contribution in [0.3, 0.4) is 0 Å². The summed E-state index contributed by atoms with van der Waals surface area (Å²) in [6.07, 6.45) is 1.29. The number of hydrogen-bond acceptors (Lipinski definition) is 7. The van der Waals surface area contributed by atoms with E-state index < -0.39 is 18.0 Å². The summed E-state index contributed by atoms with van der Waals surface area (Å²) in [7, 11) is 0. The van der Waals surface area contributed by atoms with Crippen LogP contribution < -0.4 is 10.2 Å². The fraction of sp³-hybridized carbons (Fsp3) is 0.462. The molecule has 1 aromatic carbocycles. The molecule has 1 N–H and O–H groups in total. The van der Waals surface area contributed by atoms with Gasteiger partial charge in [0.15, 0.2) is 0 Å². The van der Waals surface area contributed by atoms with E-state index in [0.717, 1.165) is 42.7 Å². The second kappa shape index (κ2) is 11.0. The Hall–Kier alpha value is -3.31. The summed E-state index contributed by atoms with van der Waals surface area (Å²) in [5, 5.41) is 3.72. The number of hydrogen-bond donors (Lipinski definition) is 1. The van der Waals surface area contributed by atoms with Crippen LogP contribution in [0.15, 0.2) is 42.7 Å². The smallest absolute Gasteiger partial charge is 0.379 e. The predicted molar refractivity (Wildman–Crippen MR) is 132 cm³/mol. The number of nitrogens with one attached hydrogen (secondary N) is 1. The molecule has 2 fully saturated rings. The van der Waals surface area contributed by atoms with E-state index in [0.29, 0.717) is 37.4 Å². The number of fused-ring (bicyclic) bond motifs is 1. The van der Waals surface area contributed by atoms with Gasteiger partial charge in [0.1, 0.15) is 5.82 Å². The average molecular weight is 515 g/mol. The third-order valence-corrected chi connectivity index (χ3v) is 6.89. The van der Waals surface area contributed by atoms with Gasteiger partial charge in [-0.2, -0.15) is 13.2 Å². The van der Waals surface area contributed by atoms with E-state index in [9.17, 15) is 18.0 Å². The third kappa shape index (κ3) is 5.83. The number of nitrogens with zero attached hydrogens (tertiary/aromatic N) is 5. The summed E-state index contributed by atoms with van der Waals surface area (Å²) in [4.78, 5) is 29.5. The van der Waals surface area contributed by atoms with Gasteiger partial charge >= 0.3 is 6.18 Å². The van der Waals surface area contributed by atoms with Crippen LogP contribution >= 0.6 is 0 Å². The Morgan fingerprint density at radius 2 is 1.73 bits per heavy atom. The van der Waals surface area contributed by atoms with Gasteiger partial charge in [-0.05, 0) is 43.5 Å². The number of piperidine rings is 1. The molecule has 11 heteroatoms. The first kappa shape index (κ1) is 25.3. The van der Waals surface area contributed by atoms with Crippen molar-refractivity contribution in [1.82, 2.24) is 25.2 Å². The summed E-state index contributed by atoms with van der Waals surface area (Å²) in [6.45, 7) is 4.31. The predicted octanol–water partition coefficient (Wildman–Crippen LogP) is 3.84. The molecular formula is C26H29F3N6O2. The third-order valence-electron chi connectivity index (χ3n) is 6.89. The molecule has 5 rings (SSSR count). The van der Waals surface area contributed by atoms with Gasteiger partial charge in [-0.15, -0.1) is 0 Å². The monoisotopic (exact) mass is 514 g/mol. The molecule has 196 valence electrons. The number of pyridine rings is 1. The maximum atomic E-state index is 13.3. The number of ether oxygens (including phenoxy) is 1. The van der Waals surface area contributed by atoms with Gasteiger partial charge in [-0.1, -0.05) is 6.07 Å². The van der Waals surface area contributed by atoms with E-state index in [1.165, 1.54) is 18.8 Å². The summed E-state index contributed by atoms with van der Waals surface area (Å²) >= 11 is 0. The number of aromatic nitrogens is 3. The van der Waals surface area contributed by atoms with Gasteiger partial charge in [0.25, 0.3) is 5.91 Å². The number of morpholine rings is 1. The molecule has 0 radical (unpaired) electrons. The zero-order valence-corrected chi connectivity index (χ0v) is 20.4. The molecule has 2 saturated heterocycles. The van der Waals surface area contributed by atoms with Crippen molar-refractivity contribution in [1.29, 1.82) is 0 Å². The molecule has 0 aliphatic carbocycles. The van der Waals surface area contributed by atoms with Crippen LogP contribution in [0.5, 0.6) is 0 Å². The topological polar surface area (TPSA) is 83.5 Å². The second-order valence-corrected chi connectivity index (χ2v) is 9.30. The number of halogens is 3. The van der Waals surface area contributed by atoms with Crippen molar-refractivity contribution < 1.29 is 22.7 Å². The Kier molecular flexibility index (Phi) is 7.52. The van der Waals surface area contributed by atoms with Crippen molar-refractivity contribution in [3.63, 3.8) is 0 Å². The molecule has 0 bridgehead atoms. The number of benzene rings is 1. The molecule has 3 aromatic rings. The fourth-order valence-electron chi connectivity index (χ4n) is 4.93. The highest BCUT2D eigenvalue weighted by Crippen LogP contribution is 2.28. The van der Waals surface area contributed by atoms with Gasteiger partial charge < -0.3 is 15.0 Å². The fourth-order valence-corrected chi connectivity index (χ4v) is 4.93.